The van der Waals surface area contributed by atoms with E-state index in [9.17, 15) is 0 Å². The van der Waals surface area contributed by atoms with E-state index in [0.717, 1.165) is 56.7 Å². The van der Waals surface area contributed by atoms with Gasteiger partial charge in [-0.05, 0) is 57.0 Å². The highest BCUT2D eigenvalue weighted by Gasteiger charge is 2.00. The van der Waals surface area contributed by atoms with Gasteiger partial charge < -0.3 is 20.3 Å². The third kappa shape index (κ3) is 10.7. The molecule has 0 saturated heterocycles. The summed E-state index contributed by atoms with van der Waals surface area (Å²) in [5.74, 6) is 2.53. The molecule has 25 heavy (non-hydrogen) atoms. The van der Waals surface area contributed by atoms with Crippen LogP contribution in [0.2, 0.25) is 0 Å². The first-order chi connectivity index (χ1) is 12.0. The van der Waals surface area contributed by atoms with Gasteiger partial charge in [0.15, 0.2) is 5.96 Å². The van der Waals surface area contributed by atoms with Gasteiger partial charge in [-0.15, -0.1) is 0 Å². The highest BCUT2D eigenvalue weighted by molar-refractivity contribution is 5.79. The molecule has 1 rings (SSSR count). The molecular weight excluding hydrogens is 312 g/mol. The number of ether oxygens (including phenoxy) is 1. The third-order valence-corrected chi connectivity index (χ3v) is 3.88. The van der Waals surface area contributed by atoms with E-state index in [4.69, 9.17) is 4.74 Å². The maximum absolute atomic E-state index is 5.76. The van der Waals surface area contributed by atoms with Crippen LogP contribution in [0.15, 0.2) is 29.3 Å². The van der Waals surface area contributed by atoms with Crippen molar-refractivity contribution >= 4 is 5.96 Å². The molecule has 0 spiro atoms. The summed E-state index contributed by atoms with van der Waals surface area (Å²) in [5, 5.41) is 6.71. The third-order valence-electron chi connectivity index (χ3n) is 3.88. The summed E-state index contributed by atoms with van der Waals surface area (Å²) < 4.78 is 5.76. The van der Waals surface area contributed by atoms with E-state index in [1.165, 1.54) is 12.0 Å². The fourth-order valence-electron chi connectivity index (χ4n) is 2.40. The molecule has 142 valence electrons. The number of rotatable bonds is 11. The molecule has 5 nitrogen and oxygen atoms in total. The van der Waals surface area contributed by atoms with Crippen LogP contribution in [-0.4, -0.2) is 51.7 Å². The topological polar surface area (TPSA) is 48.9 Å². The molecule has 0 amide bonds. The maximum atomic E-state index is 5.76. The lowest BCUT2D eigenvalue weighted by Crippen LogP contribution is -2.37. The summed E-state index contributed by atoms with van der Waals surface area (Å²) in [7, 11) is 5.96. The summed E-state index contributed by atoms with van der Waals surface area (Å²) in [5.41, 5.74) is 1.21. The first-order valence-corrected chi connectivity index (χ1v) is 9.32. The van der Waals surface area contributed by atoms with Crippen molar-refractivity contribution in [3.63, 3.8) is 0 Å². The second-order valence-electron chi connectivity index (χ2n) is 7.04. The Bertz CT molecular complexity index is 483. The first-order valence-electron chi connectivity index (χ1n) is 9.32. The van der Waals surface area contributed by atoms with Crippen molar-refractivity contribution in [2.24, 2.45) is 10.9 Å². The lowest BCUT2D eigenvalue weighted by molar-refractivity contribution is 0.281. The summed E-state index contributed by atoms with van der Waals surface area (Å²) >= 11 is 0. The van der Waals surface area contributed by atoms with E-state index in [-0.39, 0.29) is 0 Å². The Balaban J connectivity index is 2.27. The van der Waals surface area contributed by atoms with Crippen molar-refractivity contribution in [2.75, 3.05) is 40.8 Å². The lowest BCUT2D eigenvalue weighted by atomic mass is 10.1. The summed E-state index contributed by atoms with van der Waals surface area (Å²) in [6.07, 6.45) is 3.44. The monoisotopic (exact) mass is 348 g/mol. The van der Waals surface area contributed by atoms with E-state index in [1.54, 1.807) is 0 Å². The maximum Gasteiger partial charge on any atom is 0.191 e. The highest BCUT2D eigenvalue weighted by atomic mass is 16.5. The summed E-state index contributed by atoms with van der Waals surface area (Å²) in [6.45, 7) is 8.02. The molecule has 0 aliphatic carbocycles. The minimum absolute atomic E-state index is 0.750. The molecule has 0 saturated carbocycles. The van der Waals surface area contributed by atoms with Gasteiger partial charge in [-0.3, -0.25) is 4.99 Å². The molecule has 0 aromatic heterocycles. The Morgan fingerprint density at radius 1 is 1.12 bits per heavy atom. The van der Waals surface area contributed by atoms with Crippen molar-refractivity contribution in [1.29, 1.82) is 0 Å². The van der Waals surface area contributed by atoms with E-state index >= 15 is 0 Å². The Hall–Kier alpha value is -1.75. The Morgan fingerprint density at radius 2 is 1.84 bits per heavy atom. The van der Waals surface area contributed by atoms with E-state index in [0.29, 0.717) is 0 Å². The van der Waals surface area contributed by atoms with Crippen LogP contribution in [0.3, 0.4) is 0 Å². The largest absolute Gasteiger partial charge is 0.494 e. The summed E-state index contributed by atoms with van der Waals surface area (Å²) in [6, 6.07) is 8.26. The van der Waals surface area contributed by atoms with Crippen LogP contribution in [0.5, 0.6) is 5.75 Å². The Morgan fingerprint density at radius 3 is 2.44 bits per heavy atom. The van der Waals surface area contributed by atoms with Crippen LogP contribution in [0.1, 0.15) is 38.7 Å². The predicted octanol–water partition coefficient (Wildman–Crippen LogP) is 3.12. The van der Waals surface area contributed by atoms with Crippen LogP contribution in [0, 0.1) is 5.92 Å². The smallest absolute Gasteiger partial charge is 0.191 e. The predicted molar refractivity (Wildman–Crippen MR) is 107 cm³/mol. The van der Waals surface area contributed by atoms with Crippen LogP contribution < -0.4 is 15.4 Å². The zero-order valence-corrected chi connectivity index (χ0v) is 16.6. The minimum atomic E-state index is 0.750. The van der Waals surface area contributed by atoms with Crippen LogP contribution in [0.4, 0.5) is 0 Å². The molecule has 0 aliphatic rings. The highest BCUT2D eigenvalue weighted by Crippen LogP contribution is 2.12. The zero-order chi connectivity index (χ0) is 18.5. The second kappa shape index (κ2) is 12.6. The van der Waals surface area contributed by atoms with Gasteiger partial charge in [0, 0.05) is 26.7 Å². The van der Waals surface area contributed by atoms with Gasteiger partial charge in [0.1, 0.15) is 5.75 Å². The number of guanidine groups is 1. The normalized spacial score (nSPS) is 11.9. The number of hydrogen-bond donors (Lipinski definition) is 2. The van der Waals surface area contributed by atoms with Crippen molar-refractivity contribution in [1.82, 2.24) is 15.5 Å². The van der Waals surface area contributed by atoms with E-state index in [2.05, 4.69) is 60.6 Å². The summed E-state index contributed by atoms with van der Waals surface area (Å²) in [4.78, 5) is 6.44. The number of nitrogens with zero attached hydrogens (tertiary/aromatic N) is 2. The molecule has 0 unspecified atom stereocenters. The van der Waals surface area contributed by atoms with Gasteiger partial charge in [-0.1, -0.05) is 26.0 Å². The van der Waals surface area contributed by atoms with Gasteiger partial charge in [-0.2, -0.15) is 0 Å². The van der Waals surface area contributed by atoms with Gasteiger partial charge in [0.25, 0.3) is 0 Å². The molecule has 0 radical (unpaired) electrons. The average Bonchev–Trinajstić information content (AvgIpc) is 2.59. The number of nitrogens with one attached hydrogen (secondary N) is 2. The molecule has 2 N–H and O–H groups in total. The van der Waals surface area contributed by atoms with Crippen molar-refractivity contribution in [3.8, 4) is 5.75 Å². The van der Waals surface area contributed by atoms with Crippen LogP contribution in [0.25, 0.3) is 0 Å². The van der Waals surface area contributed by atoms with Crippen molar-refractivity contribution < 1.29 is 4.74 Å². The number of benzene rings is 1. The molecule has 0 heterocycles. The molecule has 0 atom stereocenters. The molecule has 0 aliphatic heterocycles. The molecule has 1 aromatic carbocycles. The van der Waals surface area contributed by atoms with Gasteiger partial charge in [0.2, 0.25) is 0 Å². The second-order valence-corrected chi connectivity index (χ2v) is 7.04. The molecule has 0 fully saturated rings. The standard InChI is InChI=1S/C20H36N4O/c1-17(2)8-6-13-22-20(21-3)23-16-18-9-11-19(12-10-18)25-15-7-14-24(4)5/h9-12,17H,6-8,13-16H2,1-5H3,(H2,21,22,23). The van der Waals surface area contributed by atoms with Crippen molar-refractivity contribution in [3.05, 3.63) is 29.8 Å². The van der Waals surface area contributed by atoms with Gasteiger partial charge in [-0.25, -0.2) is 0 Å². The SMILES string of the molecule is CN=C(NCCCC(C)C)NCc1ccc(OCCCN(C)C)cc1. The minimum Gasteiger partial charge on any atom is -0.494 e. The van der Waals surface area contributed by atoms with E-state index in [1.807, 2.05) is 19.2 Å². The van der Waals surface area contributed by atoms with Gasteiger partial charge >= 0.3 is 0 Å². The average molecular weight is 349 g/mol. The zero-order valence-electron chi connectivity index (χ0n) is 16.6. The molecule has 0 bridgehead atoms. The molecule has 5 heteroatoms. The van der Waals surface area contributed by atoms with E-state index < -0.39 is 0 Å². The Labute approximate surface area is 153 Å². The number of aliphatic imine (C=N–C) groups is 1. The van der Waals surface area contributed by atoms with Crippen LogP contribution in [-0.2, 0) is 6.54 Å². The first kappa shape index (κ1) is 21.3. The Kier molecular flexibility index (Phi) is 10.7. The fourth-order valence-corrected chi connectivity index (χ4v) is 2.40. The van der Waals surface area contributed by atoms with Crippen molar-refractivity contribution in [2.45, 2.75) is 39.7 Å². The fraction of sp³-hybridized carbons (Fsp3) is 0.650. The molecule has 1 aromatic rings. The molecular formula is C20H36N4O. The van der Waals surface area contributed by atoms with Gasteiger partial charge in [0.05, 0.1) is 6.61 Å². The lowest BCUT2D eigenvalue weighted by Gasteiger charge is -2.13. The van der Waals surface area contributed by atoms with Crippen LogP contribution >= 0.6 is 0 Å². The quantitative estimate of drug-likeness (QED) is 0.366. The number of hydrogen-bond acceptors (Lipinski definition) is 3.